The van der Waals surface area contributed by atoms with E-state index in [0.29, 0.717) is 47.1 Å². The van der Waals surface area contributed by atoms with Gasteiger partial charge in [-0.1, -0.05) is 17.7 Å². The van der Waals surface area contributed by atoms with E-state index in [2.05, 4.69) is 20.9 Å². The number of rotatable bonds is 7. The van der Waals surface area contributed by atoms with Crippen LogP contribution in [0.15, 0.2) is 67.0 Å². The van der Waals surface area contributed by atoms with Crippen LogP contribution in [-0.2, 0) is 16.0 Å². The molecule has 2 aromatic carbocycles. The fourth-order valence-corrected chi connectivity index (χ4v) is 5.33. The summed E-state index contributed by atoms with van der Waals surface area (Å²) in [6.45, 7) is 0.773. The van der Waals surface area contributed by atoms with Crippen molar-refractivity contribution >= 4 is 40.8 Å². The van der Waals surface area contributed by atoms with Gasteiger partial charge < -0.3 is 30.3 Å². The first kappa shape index (κ1) is 28.4. The summed E-state index contributed by atoms with van der Waals surface area (Å²) in [5.41, 5.74) is 2.45. The van der Waals surface area contributed by atoms with Crippen LogP contribution in [0.25, 0.3) is 0 Å². The smallest absolute Gasteiger partial charge is 0.323 e. The highest BCUT2D eigenvalue weighted by molar-refractivity contribution is 6.30. The predicted octanol–water partition coefficient (Wildman–Crippen LogP) is 4.51. The normalized spacial score (nSPS) is 20.0. The fourth-order valence-electron chi connectivity index (χ4n) is 5.14. The van der Waals surface area contributed by atoms with Crippen molar-refractivity contribution in [3.8, 4) is 5.75 Å². The number of likely N-dealkylation sites (N-methyl/N-ethyl adjacent to an activating group) is 1. The molecule has 11 heteroatoms. The van der Waals surface area contributed by atoms with E-state index >= 15 is 0 Å². The monoisotopic (exact) mass is 577 g/mol. The van der Waals surface area contributed by atoms with Gasteiger partial charge in [-0.15, -0.1) is 0 Å². The van der Waals surface area contributed by atoms with Gasteiger partial charge in [-0.3, -0.25) is 14.6 Å². The third-order valence-corrected chi connectivity index (χ3v) is 7.49. The van der Waals surface area contributed by atoms with Crippen LogP contribution >= 0.6 is 11.6 Å². The lowest BCUT2D eigenvalue weighted by Crippen LogP contribution is -2.54. The Morgan fingerprint density at radius 1 is 1.05 bits per heavy atom. The number of urea groups is 1. The molecule has 1 saturated heterocycles. The number of carbonyl (C=O) groups is 3. The Balaban J connectivity index is 1.17. The number of carbonyl (C=O) groups excluding carboxylic acids is 3. The first-order valence-corrected chi connectivity index (χ1v) is 13.9. The summed E-state index contributed by atoms with van der Waals surface area (Å²) in [5, 5.41) is 8.94. The van der Waals surface area contributed by atoms with Gasteiger partial charge in [-0.25, -0.2) is 4.79 Å². The fraction of sp³-hybridized carbons (Fsp3) is 0.333. The Kier molecular flexibility index (Phi) is 9.01. The Labute approximate surface area is 243 Å². The summed E-state index contributed by atoms with van der Waals surface area (Å²) < 4.78 is 12.3. The molecule has 2 aliphatic heterocycles. The minimum atomic E-state index is -0.465. The van der Waals surface area contributed by atoms with Crippen molar-refractivity contribution in [2.45, 2.75) is 43.9 Å². The van der Waals surface area contributed by atoms with Crippen molar-refractivity contribution in [1.29, 1.82) is 0 Å². The number of nitrogens with one attached hydrogen (secondary N) is 3. The van der Waals surface area contributed by atoms with Crippen LogP contribution in [-0.4, -0.2) is 66.2 Å². The highest BCUT2D eigenvalue weighted by Crippen LogP contribution is 2.32. The first-order valence-electron chi connectivity index (χ1n) is 13.5. The summed E-state index contributed by atoms with van der Waals surface area (Å²) in [6.07, 6.45) is 5.15. The number of halogens is 1. The second-order valence-corrected chi connectivity index (χ2v) is 10.6. The lowest BCUT2D eigenvalue weighted by molar-refractivity contribution is -0.134. The summed E-state index contributed by atoms with van der Waals surface area (Å²) in [5.74, 6) is 0.105. The van der Waals surface area contributed by atoms with Gasteiger partial charge in [0.15, 0.2) is 0 Å². The van der Waals surface area contributed by atoms with Crippen molar-refractivity contribution in [3.63, 3.8) is 0 Å². The van der Waals surface area contributed by atoms with Crippen molar-refractivity contribution in [2.24, 2.45) is 0 Å². The van der Waals surface area contributed by atoms with Gasteiger partial charge in [0.25, 0.3) is 5.91 Å². The maximum atomic E-state index is 13.5. The van der Waals surface area contributed by atoms with Crippen molar-refractivity contribution < 1.29 is 23.9 Å². The number of hydrogen-bond acceptors (Lipinski definition) is 6. The van der Waals surface area contributed by atoms with Crippen LogP contribution in [0, 0.1) is 0 Å². The number of amides is 4. The van der Waals surface area contributed by atoms with Crippen LogP contribution in [0.1, 0.15) is 35.2 Å². The molecule has 3 heterocycles. The van der Waals surface area contributed by atoms with E-state index in [1.54, 1.807) is 66.8 Å². The maximum absolute atomic E-state index is 13.5. The quantitative estimate of drug-likeness (QED) is 0.380. The van der Waals surface area contributed by atoms with Gasteiger partial charge in [0.05, 0.1) is 24.1 Å². The third-order valence-electron chi connectivity index (χ3n) is 7.25. The molecule has 214 valence electrons. The summed E-state index contributed by atoms with van der Waals surface area (Å²) >= 11 is 5.99. The Morgan fingerprint density at radius 2 is 1.83 bits per heavy atom. The van der Waals surface area contributed by atoms with E-state index in [9.17, 15) is 14.4 Å². The number of benzene rings is 2. The topological polar surface area (TPSA) is 122 Å². The van der Waals surface area contributed by atoms with Crippen molar-refractivity contribution in [1.82, 2.24) is 15.2 Å². The summed E-state index contributed by atoms with van der Waals surface area (Å²) in [7, 11) is 1.75. The Bertz CT molecular complexity index is 1410. The molecule has 2 aliphatic rings. The highest BCUT2D eigenvalue weighted by Gasteiger charge is 2.39. The Morgan fingerprint density at radius 3 is 2.61 bits per heavy atom. The molecule has 41 heavy (non-hydrogen) atoms. The van der Waals surface area contributed by atoms with Gasteiger partial charge in [0, 0.05) is 42.4 Å². The molecule has 3 aromatic rings. The van der Waals surface area contributed by atoms with E-state index in [1.165, 1.54) is 0 Å². The number of ether oxygens (including phenoxy) is 2. The number of pyridine rings is 1. The predicted molar refractivity (Wildman–Crippen MR) is 155 cm³/mol. The molecule has 0 spiro atoms. The molecule has 3 N–H and O–H groups in total. The zero-order chi connectivity index (χ0) is 28.8. The lowest BCUT2D eigenvalue weighted by atomic mass is 9.94. The molecule has 1 fully saturated rings. The average molecular weight is 578 g/mol. The molecule has 0 aliphatic carbocycles. The molecule has 4 amide bonds. The van der Waals surface area contributed by atoms with E-state index in [1.807, 2.05) is 12.1 Å². The number of aromatic nitrogens is 1. The largest absolute Gasteiger partial charge is 0.490 e. The summed E-state index contributed by atoms with van der Waals surface area (Å²) in [4.78, 5) is 44.2. The van der Waals surface area contributed by atoms with Gasteiger partial charge >= 0.3 is 6.03 Å². The zero-order valence-corrected chi connectivity index (χ0v) is 23.4. The van der Waals surface area contributed by atoms with E-state index in [0.717, 1.165) is 12.0 Å². The number of anilines is 2. The SMILES string of the molecule is CN1C(=O)c2cc(NC(=O)Nc3cccc(Cl)c3)ccc2OC[C@H]2O[C@H](CC(=O)NCCc3ccncc3)CC[C@H]21. The molecular weight excluding hydrogens is 546 g/mol. The van der Waals surface area contributed by atoms with E-state index in [4.69, 9.17) is 21.1 Å². The molecule has 5 rings (SSSR count). The average Bonchev–Trinajstić information content (AvgIpc) is 2.96. The number of hydrogen-bond donors (Lipinski definition) is 3. The molecule has 3 atom stereocenters. The van der Waals surface area contributed by atoms with Gasteiger partial charge in [-0.05, 0) is 73.4 Å². The molecule has 0 radical (unpaired) electrons. The van der Waals surface area contributed by atoms with Crippen LogP contribution in [0.2, 0.25) is 5.02 Å². The van der Waals surface area contributed by atoms with E-state index in [-0.39, 0.29) is 43.1 Å². The minimum Gasteiger partial charge on any atom is -0.490 e. The first-order chi connectivity index (χ1) is 19.9. The second kappa shape index (κ2) is 13.0. The second-order valence-electron chi connectivity index (χ2n) is 10.1. The van der Waals surface area contributed by atoms with Crippen LogP contribution in [0.3, 0.4) is 0 Å². The van der Waals surface area contributed by atoms with Crippen LogP contribution < -0.4 is 20.7 Å². The standard InChI is InChI=1S/C30H32ClN5O5/c1-36-25-7-6-23(17-28(37)33-14-11-19-9-12-32-13-10-19)41-27(25)18-40-26-8-5-22(16-24(26)29(36)38)35-30(39)34-21-4-2-3-20(31)15-21/h2-5,8-10,12-13,15-16,23,25,27H,6-7,11,14,17-18H2,1H3,(H,33,37)(H2,34,35,39)/t23-,25+,27+/m0/s1. The zero-order valence-electron chi connectivity index (χ0n) is 22.6. The number of nitrogens with zero attached hydrogens (tertiary/aromatic N) is 2. The van der Waals surface area contributed by atoms with E-state index < -0.39 is 6.03 Å². The third kappa shape index (κ3) is 7.33. The van der Waals surface area contributed by atoms with Gasteiger partial charge in [-0.2, -0.15) is 0 Å². The van der Waals surface area contributed by atoms with Crippen molar-refractivity contribution in [2.75, 3.05) is 30.8 Å². The van der Waals surface area contributed by atoms with Crippen molar-refractivity contribution in [3.05, 3.63) is 83.1 Å². The molecular formula is C30H32ClN5O5. The summed E-state index contributed by atoms with van der Waals surface area (Å²) in [6, 6.07) is 14.9. The molecule has 0 unspecified atom stereocenters. The molecule has 1 aromatic heterocycles. The molecule has 0 saturated carbocycles. The number of fused-ring (bicyclic) bond motifs is 2. The maximum Gasteiger partial charge on any atom is 0.323 e. The van der Waals surface area contributed by atoms with Crippen LogP contribution in [0.5, 0.6) is 5.75 Å². The van der Waals surface area contributed by atoms with Crippen LogP contribution in [0.4, 0.5) is 16.2 Å². The molecule has 0 bridgehead atoms. The minimum absolute atomic E-state index is 0.0662. The van der Waals surface area contributed by atoms with Gasteiger partial charge in [0.2, 0.25) is 5.91 Å². The Hall–Kier alpha value is -4.15. The highest BCUT2D eigenvalue weighted by atomic mass is 35.5. The lowest BCUT2D eigenvalue weighted by Gasteiger charge is -2.42. The molecule has 10 nitrogen and oxygen atoms in total. The van der Waals surface area contributed by atoms with Gasteiger partial charge in [0.1, 0.15) is 18.5 Å².